The van der Waals surface area contributed by atoms with Crippen molar-refractivity contribution in [2.75, 3.05) is 31.1 Å². The van der Waals surface area contributed by atoms with Gasteiger partial charge in [0.2, 0.25) is 0 Å². The van der Waals surface area contributed by atoms with Gasteiger partial charge in [0.25, 0.3) is 0 Å². The molecule has 1 aliphatic heterocycles. The fraction of sp³-hybridized carbons (Fsp3) is 1.00. The van der Waals surface area contributed by atoms with Gasteiger partial charge >= 0.3 is 0 Å². The second-order valence-corrected chi connectivity index (χ2v) is 4.36. The van der Waals surface area contributed by atoms with E-state index in [0.717, 1.165) is 13.1 Å². The molecule has 0 aromatic carbocycles. The van der Waals surface area contributed by atoms with Crippen molar-refractivity contribution in [1.29, 1.82) is 0 Å². The Morgan fingerprint density at radius 2 is 2.27 bits per heavy atom. The molecule has 0 unspecified atom stereocenters. The average molecular weight is 175 g/mol. The Morgan fingerprint density at radius 3 is 2.82 bits per heavy atom. The van der Waals surface area contributed by atoms with Crippen molar-refractivity contribution in [2.45, 2.75) is 19.4 Å². The fourth-order valence-electron chi connectivity index (χ4n) is 1.26. The summed E-state index contributed by atoms with van der Waals surface area (Å²) < 4.78 is 0. The maximum absolute atomic E-state index is 8.97. The number of aliphatic hydroxyl groups excluding tert-OH is 1. The molecular weight excluding hydrogens is 158 g/mol. The molecule has 11 heavy (non-hydrogen) atoms. The lowest BCUT2D eigenvalue weighted by Crippen LogP contribution is -2.50. The molecule has 0 aromatic rings. The normalized spacial score (nSPS) is 20.2. The first-order chi connectivity index (χ1) is 5.33. The Labute approximate surface area is 73.0 Å². The number of nitrogens with zero attached hydrogens (tertiary/aromatic N) is 1. The van der Waals surface area contributed by atoms with E-state index in [4.69, 9.17) is 5.11 Å². The van der Waals surface area contributed by atoms with Crippen molar-refractivity contribution in [2.24, 2.45) is 0 Å². The van der Waals surface area contributed by atoms with Crippen molar-refractivity contribution in [3.63, 3.8) is 0 Å². The monoisotopic (exact) mass is 175 g/mol. The molecule has 2 nitrogen and oxygen atoms in total. The summed E-state index contributed by atoms with van der Waals surface area (Å²) in [7, 11) is 0. The first-order valence-corrected chi connectivity index (χ1v) is 5.46. The fourth-order valence-corrected chi connectivity index (χ4v) is 1.88. The van der Waals surface area contributed by atoms with E-state index in [1.807, 2.05) is 11.8 Å². The zero-order valence-corrected chi connectivity index (χ0v) is 7.94. The highest BCUT2D eigenvalue weighted by molar-refractivity contribution is 7.99. The lowest BCUT2D eigenvalue weighted by Gasteiger charge is -2.35. The number of likely N-dealkylation sites (tertiary alicyclic amines) is 1. The summed E-state index contributed by atoms with van der Waals surface area (Å²) in [5.41, 5.74) is 0. The van der Waals surface area contributed by atoms with Gasteiger partial charge < -0.3 is 5.11 Å². The largest absolute Gasteiger partial charge is 0.390 e. The van der Waals surface area contributed by atoms with E-state index in [0.29, 0.717) is 0 Å². The van der Waals surface area contributed by atoms with E-state index < -0.39 is 0 Å². The zero-order chi connectivity index (χ0) is 8.10. The molecule has 0 amide bonds. The van der Waals surface area contributed by atoms with Crippen LogP contribution in [0.3, 0.4) is 0 Å². The van der Waals surface area contributed by atoms with Gasteiger partial charge in [-0.05, 0) is 24.5 Å². The van der Waals surface area contributed by atoms with Gasteiger partial charge in [-0.2, -0.15) is 11.8 Å². The van der Waals surface area contributed by atoms with Crippen LogP contribution < -0.4 is 0 Å². The molecular formula is C8H17NOS. The van der Waals surface area contributed by atoms with Crippen LogP contribution in [-0.4, -0.2) is 47.3 Å². The highest BCUT2D eigenvalue weighted by Crippen LogP contribution is 2.09. The van der Waals surface area contributed by atoms with Crippen LogP contribution in [0, 0.1) is 0 Å². The topological polar surface area (TPSA) is 23.5 Å². The van der Waals surface area contributed by atoms with E-state index in [1.165, 1.54) is 24.5 Å². The number of hydrogen-bond donors (Lipinski definition) is 1. The van der Waals surface area contributed by atoms with E-state index >= 15 is 0 Å². The molecule has 1 heterocycles. The Kier molecular flexibility index (Phi) is 4.26. The summed E-state index contributed by atoms with van der Waals surface area (Å²) >= 11 is 2.00. The third kappa shape index (κ3) is 3.45. The van der Waals surface area contributed by atoms with Crippen LogP contribution in [0.4, 0.5) is 0 Å². The van der Waals surface area contributed by atoms with E-state index in [-0.39, 0.29) is 6.10 Å². The molecule has 3 heteroatoms. The van der Waals surface area contributed by atoms with Crippen LogP contribution in [0.5, 0.6) is 0 Å². The van der Waals surface area contributed by atoms with Gasteiger partial charge in [0.15, 0.2) is 0 Å². The summed E-state index contributed by atoms with van der Waals surface area (Å²) in [4.78, 5) is 2.31. The Hall–Kier alpha value is 0.270. The number of β-amino-alcohol motifs (C(OH)–C–C–N with tert-alkyl or cyclic N) is 1. The summed E-state index contributed by atoms with van der Waals surface area (Å²) in [5.74, 6) is 2.49. The number of thioether (sulfide) groups is 1. The lowest BCUT2D eigenvalue weighted by molar-refractivity contribution is 0.00270. The van der Waals surface area contributed by atoms with Crippen molar-refractivity contribution in [3.8, 4) is 0 Å². The second-order valence-electron chi connectivity index (χ2n) is 2.96. The Bertz CT molecular complexity index is 104. The summed E-state index contributed by atoms with van der Waals surface area (Å²) in [5, 5.41) is 8.97. The molecule has 1 aliphatic rings. The second kappa shape index (κ2) is 5.01. The van der Waals surface area contributed by atoms with E-state index in [9.17, 15) is 0 Å². The minimum absolute atomic E-state index is 0.0335. The minimum Gasteiger partial charge on any atom is -0.390 e. The number of aliphatic hydroxyl groups is 1. The molecule has 0 aromatic heterocycles. The molecule has 1 rings (SSSR count). The van der Waals surface area contributed by atoms with Gasteiger partial charge in [-0.1, -0.05) is 6.92 Å². The molecule has 0 radical (unpaired) electrons. The minimum atomic E-state index is -0.0335. The van der Waals surface area contributed by atoms with Gasteiger partial charge in [-0.15, -0.1) is 0 Å². The number of rotatable bonds is 5. The van der Waals surface area contributed by atoms with Crippen molar-refractivity contribution < 1.29 is 5.11 Å². The summed E-state index contributed by atoms with van der Waals surface area (Å²) in [6.45, 7) is 5.16. The lowest BCUT2D eigenvalue weighted by atomic mass is 10.2. The van der Waals surface area contributed by atoms with Crippen molar-refractivity contribution in [1.82, 2.24) is 4.90 Å². The molecule has 0 bridgehead atoms. The smallest absolute Gasteiger partial charge is 0.0793 e. The quantitative estimate of drug-likeness (QED) is 0.625. The zero-order valence-electron chi connectivity index (χ0n) is 7.12. The molecule has 66 valence electrons. The van der Waals surface area contributed by atoms with Crippen molar-refractivity contribution >= 4 is 11.8 Å². The van der Waals surface area contributed by atoms with E-state index in [1.54, 1.807) is 0 Å². The third-order valence-electron chi connectivity index (χ3n) is 1.91. The maximum Gasteiger partial charge on any atom is 0.0793 e. The molecule has 0 atom stereocenters. The molecule has 1 N–H and O–H groups in total. The van der Waals surface area contributed by atoms with Crippen LogP contribution in [0.1, 0.15) is 13.3 Å². The maximum atomic E-state index is 8.97. The molecule has 0 saturated carbocycles. The number of hydrogen-bond acceptors (Lipinski definition) is 3. The Balaban J connectivity index is 1.81. The van der Waals surface area contributed by atoms with Gasteiger partial charge in [-0.25, -0.2) is 0 Å². The summed E-state index contributed by atoms with van der Waals surface area (Å²) in [6, 6.07) is 0. The van der Waals surface area contributed by atoms with Crippen LogP contribution in [0.2, 0.25) is 0 Å². The third-order valence-corrected chi connectivity index (χ3v) is 2.89. The van der Waals surface area contributed by atoms with Gasteiger partial charge in [0.05, 0.1) is 6.10 Å². The Morgan fingerprint density at radius 1 is 1.55 bits per heavy atom. The van der Waals surface area contributed by atoms with Crippen LogP contribution in [0.25, 0.3) is 0 Å². The first-order valence-electron chi connectivity index (χ1n) is 4.31. The van der Waals surface area contributed by atoms with Gasteiger partial charge in [0, 0.05) is 13.1 Å². The van der Waals surface area contributed by atoms with Gasteiger partial charge in [-0.3, -0.25) is 4.90 Å². The standard InChI is InChI=1S/C8H17NOS/c1-2-11-5-3-4-9-6-8(10)7-9/h8,10H,2-7H2,1H3. The van der Waals surface area contributed by atoms with E-state index in [2.05, 4.69) is 11.8 Å². The van der Waals surface area contributed by atoms with Crippen LogP contribution in [-0.2, 0) is 0 Å². The van der Waals surface area contributed by atoms with Crippen LogP contribution in [0.15, 0.2) is 0 Å². The first kappa shape index (κ1) is 9.36. The molecule has 1 fully saturated rings. The average Bonchev–Trinajstić information content (AvgIpc) is 1.94. The van der Waals surface area contributed by atoms with Crippen molar-refractivity contribution in [3.05, 3.63) is 0 Å². The molecule has 0 aliphatic carbocycles. The van der Waals surface area contributed by atoms with Crippen LogP contribution >= 0.6 is 11.8 Å². The highest BCUT2D eigenvalue weighted by Gasteiger charge is 2.22. The predicted octanol–water partition coefficient (Wildman–Crippen LogP) is 0.806. The molecule has 0 spiro atoms. The molecule has 1 saturated heterocycles. The summed E-state index contributed by atoms with van der Waals surface area (Å²) in [6.07, 6.45) is 1.24. The highest BCUT2D eigenvalue weighted by atomic mass is 32.2. The SMILES string of the molecule is CCSCCCN1CC(O)C1. The predicted molar refractivity (Wildman–Crippen MR) is 50.1 cm³/mol. The van der Waals surface area contributed by atoms with Gasteiger partial charge in [0.1, 0.15) is 0 Å².